The van der Waals surface area contributed by atoms with E-state index in [-0.39, 0.29) is 0 Å². The molecule has 0 saturated heterocycles. The quantitative estimate of drug-likeness (QED) is 0.578. The Hall–Kier alpha value is -1.18. The van der Waals surface area contributed by atoms with Crippen molar-refractivity contribution >= 4 is 6.08 Å². The van der Waals surface area contributed by atoms with Crippen LogP contribution in [0.1, 0.15) is 11.3 Å². The largest absolute Gasteiger partial charge is 0.405 e. The molecule has 3 N–H and O–H groups in total. The fourth-order valence-electron chi connectivity index (χ4n) is 0.736. The van der Waals surface area contributed by atoms with Crippen LogP contribution in [0.2, 0.25) is 0 Å². The van der Waals surface area contributed by atoms with Crippen molar-refractivity contribution in [2.75, 3.05) is 0 Å². The summed E-state index contributed by atoms with van der Waals surface area (Å²) in [6, 6.07) is 2.01. The molecule has 0 spiro atoms. The van der Waals surface area contributed by atoms with Crippen LogP contribution in [0.3, 0.4) is 0 Å². The van der Waals surface area contributed by atoms with E-state index in [1.165, 1.54) is 11.8 Å². The number of hydrogen-bond acceptors (Lipinski definition) is 1. The Balaban J connectivity index is 2.94. The average Bonchev–Trinajstić information content (AvgIpc) is 2.18. The van der Waals surface area contributed by atoms with Gasteiger partial charge >= 0.3 is 0 Å². The highest BCUT2D eigenvalue weighted by molar-refractivity contribution is 5.48. The maximum absolute atomic E-state index is 5.19. The van der Waals surface area contributed by atoms with Crippen molar-refractivity contribution in [2.24, 2.45) is 5.73 Å². The number of nitrogens with one attached hydrogen (secondary N) is 1. The molecular weight excluding hydrogens is 112 g/mol. The first kappa shape index (κ1) is 5.95. The van der Waals surface area contributed by atoms with Gasteiger partial charge in [-0.25, -0.2) is 0 Å². The predicted octanol–water partition coefficient (Wildman–Crippen LogP) is 1.25. The molecule has 0 radical (unpaired) electrons. The Morgan fingerprint density at radius 3 is 2.89 bits per heavy atom. The van der Waals surface area contributed by atoms with Crippen LogP contribution in [0, 0.1) is 6.92 Å². The lowest BCUT2D eigenvalue weighted by molar-refractivity contribution is 1.34. The van der Waals surface area contributed by atoms with Gasteiger partial charge in [0.15, 0.2) is 0 Å². The molecular formula is C7H10N2. The summed E-state index contributed by atoms with van der Waals surface area (Å²) < 4.78 is 0. The van der Waals surface area contributed by atoms with Gasteiger partial charge in [0.1, 0.15) is 0 Å². The van der Waals surface area contributed by atoms with Gasteiger partial charge in [-0.1, -0.05) is 0 Å². The second kappa shape index (κ2) is 2.40. The van der Waals surface area contributed by atoms with Gasteiger partial charge in [-0.2, -0.15) is 0 Å². The minimum Gasteiger partial charge on any atom is -0.405 e. The van der Waals surface area contributed by atoms with Crippen molar-refractivity contribution in [1.82, 2.24) is 4.98 Å². The molecule has 0 aliphatic carbocycles. The maximum Gasteiger partial charge on any atom is 0.0424 e. The van der Waals surface area contributed by atoms with E-state index in [1.54, 1.807) is 0 Å². The monoisotopic (exact) mass is 122 g/mol. The molecule has 1 rings (SSSR count). The summed E-state index contributed by atoms with van der Waals surface area (Å²) in [5.41, 5.74) is 7.49. The van der Waals surface area contributed by atoms with Crippen molar-refractivity contribution < 1.29 is 0 Å². The van der Waals surface area contributed by atoms with E-state index >= 15 is 0 Å². The molecule has 9 heavy (non-hydrogen) atoms. The van der Waals surface area contributed by atoms with E-state index in [0.29, 0.717) is 0 Å². The fourth-order valence-corrected chi connectivity index (χ4v) is 0.736. The molecule has 0 fully saturated rings. The van der Waals surface area contributed by atoms with Crippen molar-refractivity contribution in [3.63, 3.8) is 0 Å². The molecule has 0 bridgehead atoms. The third-order valence-corrected chi connectivity index (χ3v) is 1.26. The predicted molar refractivity (Wildman–Crippen MR) is 38.8 cm³/mol. The van der Waals surface area contributed by atoms with Gasteiger partial charge in [-0.05, 0) is 30.8 Å². The normalized spacial score (nSPS) is 10.8. The first-order chi connectivity index (χ1) is 4.34. The molecule has 0 amide bonds. The Morgan fingerprint density at radius 1 is 1.67 bits per heavy atom. The topological polar surface area (TPSA) is 41.8 Å². The van der Waals surface area contributed by atoms with E-state index in [9.17, 15) is 0 Å². The fraction of sp³-hybridized carbons (Fsp3) is 0.143. The lowest BCUT2D eigenvalue weighted by Crippen LogP contribution is -1.78. The van der Waals surface area contributed by atoms with Gasteiger partial charge in [0.05, 0.1) is 0 Å². The van der Waals surface area contributed by atoms with Crippen LogP contribution in [0.5, 0.6) is 0 Å². The summed E-state index contributed by atoms with van der Waals surface area (Å²) in [5.74, 6) is 0. The minimum absolute atomic E-state index is 1.08. The molecule has 0 atom stereocenters. The summed E-state index contributed by atoms with van der Waals surface area (Å²) in [7, 11) is 0. The number of aromatic nitrogens is 1. The summed E-state index contributed by atoms with van der Waals surface area (Å²) in [5, 5.41) is 0. The number of rotatable bonds is 1. The smallest absolute Gasteiger partial charge is 0.0424 e. The van der Waals surface area contributed by atoms with Crippen LogP contribution in [0.25, 0.3) is 6.08 Å². The molecule has 0 saturated carbocycles. The van der Waals surface area contributed by atoms with Crippen LogP contribution >= 0.6 is 0 Å². The molecule has 1 aromatic heterocycles. The SMILES string of the molecule is Cc1cc[nH]c1/C=C\N. The number of nitrogens with two attached hydrogens (primary N) is 1. The highest BCUT2D eigenvalue weighted by Crippen LogP contribution is 2.04. The van der Waals surface area contributed by atoms with Gasteiger partial charge in [0, 0.05) is 11.9 Å². The van der Waals surface area contributed by atoms with Gasteiger partial charge in [-0.3, -0.25) is 0 Å². The van der Waals surface area contributed by atoms with E-state index in [1.807, 2.05) is 25.3 Å². The van der Waals surface area contributed by atoms with Crippen LogP contribution < -0.4 is 5.73 Å². The van der Waals surface area contributed by atoms with E-state index in [2.05, 4.69) is 4.98 Å². The van der Waals surface area contributed by atoms with Gasteiger partial charge in [0.2, 0.25) is 0 Å². The summed E-state index contributed by atoms with van der Waals surface area (Å²) in [6.45, 7) is 2.03. The standard InChI is InChI=1S/C7H10N2/c1-6-3-5-9-7(6)2-4-8/h2-5,9H,8H2,1H3/b4-2-. The number of H-pyrrole nitrogens is 1. The van der Waals surface area contributed by atoms with E-state index < -0.39 is 0 Å². The summed E-state index contributed by atoms with van der Waals surface area (Å²) >= 11 is 0. The zero-order chi connectivity index (χ0) is 6.69. The molecule has 0 aliphatic heterocycles. The van der Waals surface area contributed by atoms with E-state index in [0.717, 1.165) is 5.69 Å². The third kappa shape index (κ3) is 1.13. The Bertz CT molecular complexity index is 210. The van der Waals surface area contributed by atoms with Crippen LogP contribution in [-0.2, 0) is 0 Å². The molecule has 2 heteroatoms. The van der Waals surface area contributed by atoms with Gasteiger partial charge < -0.3 is 10.7 Å². The van der Waals surface area contributed by atoms with Crippen molar-refractivity contribution in [3.05, 3.63) is 29.7 Å². The van der Waals surface area contributed by atoms with Gasteiger partial charge in [0.25, 0.3) is 0 Å². The van der Waals surface area contributed by atoms with Gasteiger partial charge in [-0.15, -0.1) is 0 Å². The van der Waals surface area contributed by atoms with Crippen molar-refractivity contribution in [1.29, 1.82) is 0 Å². The zero-order valence-electron chi connectivity index (χ0n) is 5.39. The summed E-state index contributed by atoms with van der Waals surface area (Å²) in [4.78, 5) is 3.04. The first-order valence-corrected chi connectivity index (χ1v) is 2.87. The molecule has 1 aromatic rings. The van der Waals surface area contributed by atoms with Crippen LogP contribution in [0.4, 0.5) is 0 Å². The van der Waals surface area contributed by atoms with E-state index in [4.69, 9.17) is 5.73 Å². The Labute approximate surface area is 54.4 Å². The minimum atomic E-state index is 1.08. The lowest BCUT2D eigenvalue weighted by atomic mass is 10.3. The molecule has 0 aliphatic rings. The summed E-state index contributed by atoms with van der Waals surface area (Å²) in [6.07, 6.45) is 5.26. The zero-order valence-corrected chi connectivity index (χ0v) is 5.39. The average molecular weight is 122 g/mol. The molecule has 48 valence electrons. The highest BCUT2D eigenvalue weighted by Gasteiger charge is 1.89. The lowest BCUT2D eigenvalue weighted by Gasteiger charge is -1.86. The number of aromatic amines is 1. The van der Waals surface area contributed by atoms with Crippen molar-refractivity contribution in [2.45, 2.75) is 6.92 Å². The Kier molecular flexibility index (Phi) is 1.58. The molecule has 0 aromatic carbocycles. The van der Waals surface area contributed by atoms with Crippen LogP contribution in [-0.4, -0.2) is 4.98 Å². The second-order valence-electron chi connectivity index (χ2n) is 1.93. The molecule has 2 nitrogen and oxygen atoms in total. The highest BCUT2D eigenvalue weighted by atomic mass is 14.7. The van der Waals surface area contributed by atoms with Crippen LogP contribution in [0.15, 0.2) is 18.5 Å². The molecule has 0 unspecified atom stereocenters. The molecule has 1 heterocycles. The van der Waals surface area contributed by atoms with Crippen molar-refractivity contribution in [3.8, 4) is 0 Å². The third-order valence-electron chi connectivity index (χ3n) is 1.26. The first-order valence-electron chi connectivity index (χ1n) is 2.87. The number of hydrogen-bond donors (Lipinski definition) is 2. The number of aryl methyl sites for hydroxylation is 1. The maximum atomic E-state index is 5.19. The second-order valence-corrected chi connectivity index (χ2v) is 1.93. The Morgan fingerprint density at radius 2 is 2.44 bits per heavy atom.